The fraction of sp³-hybridized carbons (Fsp3) is 0.192. The van der Waals surface area contributed by atoms with Gasteiger partial charge in [-0.05, 0) is 80.5 Å². The summed E-state index contributed by atoms with van der Waals surface area (Å²) in [5, 5.41) is 4.25. The van der Waals surface area contributed by atoms with Gasteiger partial charge in [0.15, 0.2) is 5.11 Å². The molecule has 0 unspecified atom stereocenters. The fourth-order valence-corrected chi connectivity index (χ4v) is 5.01. The summed E-state index contributed by atoms with van der Waals surface area (Å²) in [5.41, 5.74) is 6.68. The van der Waals surface area contributed by atoms with E-state index in [1.165, 1.54) is 5.56 Å². The summed E-state index contributed by atoms with van der Waals surface area (Å²) in [6, 6.07) is 22.6. The summed E-state index contributed by atoms with van der Waals surface area (Å²) < 4.78 is 2.24. The van der Waals surface area contributed by atoms with Gasteiger partial charge in [-0.1, -0.05) is 30.3 Å². The molecule has 1 N–H and O–H groups in total. The van der Waals surface area contributed by atoms with Crippen LogP contribution in [-0.2, 0) is 0 Å². The van der Waals surface area contributed by atoms with Crippen molar-refractivity contribution in [3.8, 4) is 5.82 Å². The van der Waals surface area contributed by atoms with Gasteiger partial charge in [0.1, 0.15) is 5.82 Å². The van der Waals surface area contributed by atoms with Gasteiger partial charge >= 0.3 is 0 Å². The van der Waals surface area contributed by atoms with E-state index in [1.807, 2.05) is 48.8 Å². The molecule has 0 spiro atoms. The summed E-state index contributed by atoms with van der Waals surface area (Å²) in [6.45, 7) is 6.39. The third-order valence-electron chi connectivity index (χ3n) is 6.12. The van der Waals surface area contributed by atoms with Gasteiger partial charge in [-0.15, -0.1) is 0 Å². The van der Waals surface area contributed by atoms with Crippen LogP contribution in [0.4, 0.5) is 5.69 Å². The molecule has 2 atom stereocenters. The number of nitrogens with one attached hydrogen (secondary N) is 1. The Kier molecular flexibility index (Phi) is 5.23. The summed E-state index contributed by atoms with van der Waals surface area (Å²) in [6.07, 6.45) is 3.68. The van der Waals surface area contributed by atoms with Crippen LogP contribution in [0.5, 0.6) is 0 Å². The van der Waals surface area contributed by atoms with Crippen LogP contribution in [-0.4, -0.2) is 19.6 Å². The lowest BCUT2D eigenvalue weighted by atomic mass is 9.96. The highest BCUT2D eigenvalue weighted by Crippen LogP contribution is 2.43. The lowest BCUT2D eigenvalue weighted by Crippen LogP contribution is -2.29. The quantitative estimate of drug-likeness (QED) is 0.433. The number of aryl methyl sites for hydroxylation is 2. The summed E-state index contributed by atoms with van der Waals surface area (Å²) >= 11 is 5.84. The highest BCUT2D eigenvalue weighted by molar-refractivity contribution is 7.80. The maximum absolute atomic E-state index is 5.84. The second-order valence-corrected chi connectivity index (χ2v) is 8.52. The summed E-state index contributed by atoms with van der Waals surface area (Å²) in [7, 11) is 0. The lowest BCUT2D eigenvalue weighted by molar-refractivity contribution is 0.565. The van der Waals surface area contributed by atoms with Crippen LogP contribution >= 0.6 is 12.2 Å². The van der Waals surface area contributed by atoms with Crippen molar-refractivity contribution in [1.29, 1.82) is 0 Å². The molecule has 1 aromatic carbocycles. The van der Waals surface area contributed by atoms with Gasteiger partial charge in [0, 0.05) is 29.5 Å². The average molecular weight is 440 g/mol. The van der Waals surface area contributed by atoms with Gasteiger partial charge in [0.2, 0.25) is 0 Å². The number of anilines is 1. The van der Waals surface area contributed by atoms with Crippen molar-refractivity contribution in [2.45, 2.75) is 32.9 Å². The maximum Gasteiger partial charge on any atom is 0.174 e. The Hall–Kier alpha value is -3.51. The van der Waals surface area contributed by atoms with E-state index in [4.69, 9.17) is 12.2 Å². The molecule has 0 radical (unpaired) electrons. The van der Waals surface area contributed by atoms with Crippen molar-refractivity contribution in [2.24, 2.45) is 0 Å². The molecule has 0 amide bonds. The predicted octanol–water partition coefficient (Wildman–Crippen LogP) is 5.37. The normalized spacial score (nSPS) is 18.1. The first-order valence-electron chi connectivity index (χ1n) is 10.7. The molecule has 1 aliphatic heterocycles. The Morgan fingerprint density at radius 1 is 0.875 bits per heavy atom. The topological polar surface area (TPSA) is 46.0 Å². The number of pyridine rings is 2. The Morgan fingerprint density at radius 2 is 1.62 bits per heavy atom. The zero-order chi connectivity index (χ0) is 22.2. The first kappa shape index (κ1) is 20.4. The third kappa shape index (κ3) is 3.37. The molecule has 6 heteroatoms. The van der Waals surface area contributed by atoms with Crippen LogP contribution in [0.25, 0.3) is 5.82 Å². The molecule has 1 aliphatic rings. The molecule has 3 aromatic heterocycles. The van der Waals surface area contributed by atoms with Crippen LogP contribution < -0.4 is 10.2 Å². The van der Waals surface area contributed by atoms with Crippen LogP contribution in [0.2, 0.25) is 0 Å². The molecule has 160 valence electrons. The molecule has 1 saturated heterocycles. The van der Waals surface area contributed by atoms with E-state index in [9.17, 15) is 0 Å². The highest BCUT2D eigenvalue weighted by Gasteiger charge is 2.42. The molecule has 5 rings (SSSR count). The van der Waals surface area contributed by atoms with Crippen LogP contribution in [0.15, 0.2) is 79.1 Å². The minimum atomic E-state index is -0.0670. The smallest absolute Gasteiger partial charge is 0.174 e. The number of thiocarbonyl (C=S) groups is 1. The summed E-state index contributed by atoms with van der Waals surface area (Å²) in [4.78, 5) is 11.6. The monoisotopic (exact) mass is 439 g/mol. The van der Waals surface area contributed by atoms with E-state index in [0.717, 1.165) is 34.2 Å². The molecule has 32 heavy (non-hydrogen) atoms. The van der Waals surface area contributed by atoms with Gasteiger partial charge in [-0.25, -0.2) is 4.98 Å². The Labute approximate surface area is 193 Å². The number of hydrogen-bond acceptors (Lipinski definition) is 3. The van der Waals surface area contributed by atoms with Crippen molar-refractivity contribution in [2.75, 3.05) is 4.90 Å². The molecule has 0 aliphatic carbocycles. The standard InChI is InChI=1S/C26H25N5S/c1-17-10-9-15-28-25(17)30-18(2)16-21(19(30)3)24-23(22-13-7-8-14-27-22)29-26(32)31(24)20-11-5-4-6-12-20/h4-16,23-24H,1-3H3,(H,29,32)/t23-,24+/m0/s1. The van der Waals surface area contributed by atoms with E-state index in [2.05, 4.69) is 75.9 Å². The van der Waals surface area contributed by atoms with E-state index in [-0.39, 0.29) is 12.1 Å². The van der Waals surface area contributed by atoms with Gasteiger partial charge in [-0.2, -0.15) is 0 Å². The van der Waals surface area contributed by atoms with Crippen molar-refractivity contribution in [1.82, 2.24) is 19.9 Å². The molecular formula is C26H25N5S. The largest absolute Gasteiger partial charge is 0.351 e. The molecule has 0 saturated carbocycles. The van der Waals surface area contributed by atoms with Crippen LogP contribution in [0.3, 0.4) is 0 Å². The van der Waals surface area contributed by atoms with Gasteiger partial charge in [-0.3, -0.25) is 4.98 Å². The number of benzene rings is 1. The third-order valence-corrected chi connectivity index (χ3v) is 6.43. The first-order valence-corrected chi connectivity index (χ1v) is 11.1. The van der Waals surface area contributed by atoms with E-state index in [1.54, 1.807) is 0 Å². The fourth-order valence-electron chi connectivity index (χ4n) is 4.66. The molecule has 5 nitrogen and oxygen atoms in total. The number of rotatable bonds is 4. The average Bonchev–Trinajstić information content (AvgIpc) is 3.31. The van der Waals surface area contributed by atoms with Crippen LogP contribution in [0, 0.1) is 20.8 Å². The van der Waals surface area contributed by atoms with E-state index >= 15 is 0 Å². The first-order chi connectivity index (χ1) is 15.6. The Balaban J connectivity index is 1.70. The molecular weight excluding hydrogens is 414 g/mol. The predicted molar refractivity (Wildman–Crippen MR) is 132 cm³/mol. The van der Waals surface area contributed by atoms with Gasteiger partial charge in [0.25, 0.3) is 0 Å². The van der Waals surface area contributed by atoms with Gasteiger partial charge in [0.05, 0.1) is 17.8 Å². The minimum absolute atomic E-state index is 0.0382. The maximum atomic E-state index is 5.84. The lowest BCUT2D eigenvalue weighted by Gasteiger charge is -2.28. The van der Waals surface area contributed by atoms with Crippen molar-refractivity contribution in [3.05, 3.63) is 107 Å². The van der Waals surface area contributed by atoms with Crippen molar-refractivity contribution in [3.63, 3.8) is 0 Å². The zero-order valence-electron chi connectivity index (χ0n) is 18.4. The second kappa shape index (κ2) is 8.20. The van der Waals surface area contributed by atoms with Crippen molar-refractivity contribution >= 4 is 23.0 Å². The number of nitrogens with zero attached hydrogens (tertiary/aromatic N) is 4. The number of para-hydroxylation sites is 1. The SMILES string of the molecule is Cc1cccnc1-n1c(C)cc([C@@H]2[C@H](c3ccccn3)NC(=S)N2c2ccccc2)c1C. The van der Waals surface area contributed by atoms with E-state index < -0.39 is 0 Å². The number of hydrogen-bond donors (Lipinski definition) is 1. The molecule has 4 heterocycles. The highest BCUT2D eigenvalue weighted by atomic mass is 32.1. The van der Waals surface area contributed by atoms with Crippen LogP contribution in [0.1, 0.15) is 40.3 Å². The zero-order valence-corrected chi connectivity index (χ0v) is 19.2. The number of aromatic nitrogens is 3. The van der Waals surface area contributed by atoms with E-state index in [0.29, 0.717) is 5.11 Å². The van der Waals surface area contributed by atoms with Crippen molar-refractivity contribution < 1.29 is 0 Å². The molecule has 0 bridgehead atoms. The molecule has 4 aromatic rings. The summed E-state index contributed by atoms with van der Waals surface area (Å²) in [5.74, 6) is 0.961. The minimum Gasteiger partial charge on any atom is -0.351 e. The molecule has 1 fully saturated rings. The Morgan fingerprint density at radius 3 is 2.34 bits per heavy atom. The second-order valence-electron chi connectivity index (χ2n) is 8.14. The van der Waals surface area contributed by atoms with Gasteiger partial charge < -0.3 is 14.8 Å². The Bertz CT molecular complexity index is 1270.